The Morgan fingerprint density at radius 3 is 2.27 bits per heavy atom. The normalized spacial score (nSPS) is 16.9. The molecule has 0 amide bonds. The summed E-state index contributed by atoms with van der Waals surface area (Å²) in [5.74, 6) is 0. The first-order chi connectivity index (χ1) is 5.13. The van der Waals surface area contributed by atoms with Crippen molar-refractivity contribution >= 4 is 0 Å². The standard InChI is InChI=1S/C8H20N2O/c1-4-5-7(10(2)3)8(11)6-9/h7-8,11H,4-6,9H2,1-3H3. The van der Waals surface area contributed by atoms with Crippen LogP contribution in [0.5, 0.6) is 0 Å². The predicted octanol–water partition coefficient (Wildman–Crippen LogP) is 0.0363. The van der Waals surface area contributed by atoms with Crippen molar-refractivity contribution in [1.82, 2.24) is 4.90 Å². The molecule has 0 fully saturated rings. The SMILES string of the molecule is CCCC(C(O)CN)N(C)C. The van der Waals surface area contributed by atoms with E-state index in [9.17, 15) is 5.11 Å². The molecule has 0 spiro atoms. The van der Waals surface area contributed by atoms with E-state index in [0.717, 1.165) is 12.8 Å². The second-order valence-electron chi connectivity index (χ2n) is 3.12. The molecule has 0 aliphatic rings. The number of hydrogen-bond donors (Lipinski definition) is 2. The average molecular weight is 160 g/mol. The van der Waals surface area contributed by atoms with E-state index in [4.69, 9.17) is 5.73 Å². The van der Waals surface area contributed by atoms with Gasteiger partial charge in [0.15, 0.2) is 0 Å². The molecule has 0 aromatic carbocycles. The van der Waals surface area contributed by atoms with Crippen LogP contribution in [0.15, 0.2) is 0 Å². The fourth-order valence-electron chi connectivity index (χ4n) is 1.25. The molecule has 0 saturated heterocycles. The van der Waals surface area contributed by atoms with E-state index in [0.29, 0.717) is 6.54 Å². The van der Waals surface area contributed by atoms with E-state index in [2.05, 4.69) is 6.92 Å². The number of nitrogens with two attached hydrogens (primary N) is 1. The Bertz CT molecular complexity index is 96.1. The van der Waals surface area contributed by atoms with Crippen LogP contribution in [0.2, 0.25) is 0 Å². The lowest BCUT2D eigenvalue weighted by Gasteiger charge is -2.27. The fourth-order valence-corrected chi connectivity index (χ4v) is 1.25. The van der Waals surface area contributed by atoms with Gasteiger partial charge < -0.3 is 15.7 Å². The molecular weight excluding hydrogens is 140 g/mol. The van der Waals surface area contributed by atoms with Gasteiger partial charge in [-0.2, -0.15) is 0 Å². The maximum Gasteiger partial charge on any atom is 0.0817 e. The van der Waals surface area contributed by atoms with Crippen LogP contribution in [0.25, 0.3) is 0 Å². The van der Waals surface area contributed by atoms with Gasteiger partial charge in [-0.1, -0.05) is 13.3 Å². The third-order valence-corrected chi connectivity index (χ3v) is 1.93. The quantitative estimate of drug-likeness (QED) is 0.597. The molecule has 0 bridgehead atoms. The zero-order valence-electron chi connectivity index (χ0n) is 7.75. The lowest BCUT2D eigenvalue weighted by Crippen LogP contribution is -2.42. The summed E-state index contributed by atoms with van der Waals surface area (Å²) in [4.78, 5) is 2.03. The van der Waals surface area contributed by atoms with Crippen molar-refractivity contribution in [2.24, 2.45) is 5.73 Å². The Balaban J connectivity index is 3.87. The van der Waals surface area contributed by atoms with Gasteiger partial charge in [-0.15, -0.1) is 0 Å². The summed E-state index contributed by atoms with van der Waals surface area (Å²) in [6.07, 6.45) is 1.70. The van der Waals surface area contributed by atoms with Crippen LogP contribution in [0, 0.1) is 0 Å². The number of rotatable bonds is 5. The smallest absolute Gasteiger partial charge is 0.0817 e. The van der Waals surface area contributed by atoms with Crippen molar-refractivity contribution in [2.75, 3.05) is 20.6 Å². The molecule has 2 atom stereocenters. The van der Waals surface area contributed by atoms with Crippen molar-refractivity contribution < 1.29 is 5.11 Å². The second kappa shape index (κ2) is 5.52. The highest BCUT2D eigenvalue weighted by Crippen LogP contribution is 2.06. The van der Waals surface area contributed by atoms with Crippen LogP contribution in [0.1, 0.15) is 19.8 Å². The van der Waals surface area contributed by atoms with Gasteiger partial charge in [-0.3, -0.25) is 0 Å². The van der Waals surface area contributed by atoms with E-state index in [-0.39, 0.29) is 12.1 Å². The van der Waals surface area contributed by atoms with Crippen LogP contribution in [0.4, 0.5) is 0 Å². The number of aliphatic hydroxyl groups excluding tert-OH is 1. The van der Waals surface area contributed by atoms with Crippen LogP contribution in [0.3, 0.4) is 0 Å². The van der Waals surface area contributed by atoms with E-state index < -0.39 is 0 Å². The summed E-state index contributed by atoms with van der Waals surface area (Å²) in [5.41, 5.74) is 5.36. The van der Waals surface area contributed by atoms with E-state index >= 15 is 0 Å². The molecule has 2 unspecified atom stereocenters. The molecule has 0 aliphatic heterocycles. The minimum absolute atomic E-state index is 0.213. The first kappa shape index (κ1) is 10.9. The molecule has 3 N–H and O–H groups in total. The molecule has 0 saturated carbocycles. The lowest BCUT2D eigenvalue weighted by molar-refractivity contribution is 0.0769. The van der Waals surface area contributed by atoms with Gasteiger partial charge in [0.25, 0.3) is 0 Å². The molecule has 0 aromatic rings. The number of likely N-dealkylation sites (N-methyl/N-ethyl adjacent to an activating group) is 1. The summed E-state index contributed by atoms with van der Waals surface area (Å²) < 4.78 is 0. The Morgan fingerprint density at radius 2 is 2.00 bits per heavy atom. The highest BCUT2D eigenvalue weighted by molar-refractivity contribution is 4.75. The Morgan fingerprint density at radius 1 is 1.45 bits per heavy atom. The first-order valence-corrected chi connectivity index (χ1v) is 4.18. The summed E-state index contributed by atoms with van der Waals surface area (Å²) in [6, 6.07) is 0.213. The van der Waals surface area contributed by atoms with E-state index in [1.807, 2.05) is 19.0 Å². The van der Waals surface area contributed by atoms with Crippen LogP contribution in [-0.4, -0.2) is 42.8 Å². The maximum atomic E-state index is 9.45. The van der Waals surface area contributed by atoms with Crippen molar-refractivity contribution in [2.45, 2.75) is 31.9 Å². The van der Waals surface area contributed by atoms with E-state index in [1.54, 1.807) is 0 Å². The second-order valence-corrected chi connectivity index (χ2v) is 3.12. The summed E-state index contributed by atoms with van der Waals surface area (Å²) in [7, 11) is 3.94. The zero-order valence-corrected chi connectivity index (χ0v) is 7.75. The molecule has 0 radical (unpaired) electrons. The molecule has 0 rings (SSSR count). The number of hydrogen-bond acceptors (Lipinski definition) is 3. The zero-order chi connectivity index (χ0) is 8.85. The Kier molecular flexibility index (Phi) is 5.46. The molecule has 0 aromatic heterocycles. The largest absolute Gasteiger partial charge is 0.390 e. The van der Waals surface area contributed by atoms with Crippen molar-refractivity contribution in [3.63, 3.8) is 0 Å². The van der Waals surface area contributed by atoms with E-state index in [1.165, 1.54) is 0 Å². The minimum atomic E-state index is -0.384. The van der Waals surface area contributed by atoms with Gasteiger partial charge in [0.2, 0.25) is 0 Å². The topological polar surface area (TPSA) is 49.5 Å². The van der Waals surface area contributed by atoms with Crippen LogP contribution < -0.4 is 5.73 Å². The van der Waals surface area contributed by atoms with Crippen molar-refractivity contribution in [1.29, 1.82) is 0 Å². The van der Waals surface area contributed by atoms with Crippen LogP contribution >= 0.6 is 0 Å². The summed E-state index contributed by atoms with van der Waals surface area (Å²) in [6.45, 7) is 2.46. The molecule has 0 aliphatic carbocycles. The predicted molar refractivity (Wildman–Crippen MR) is 47.4 cm³/mol. The van der Waals surface area contributed by atoms with Gasteiger partial charge in [0.05, 0.1) is 6.10 Å². The van der Waals surface area contributed by atoms with Gasteiger partial charge in [-0.05, 0) is 20.5 Å². The average Bonchev–Trinajstić information content (AvgIpc) is 1.98. The monoisotopic (exact) mass is 160 g/mol. The fraction of sp³-hybridized carbons (Fsp3) is 1.00. The number of aliphatic hydroxyl groups is 1. The van der Waals surface area contributed by atoms with Crippen molar-refractivity contribution in [3.8, 4) is 0 Å². The molecule has 3 heteroatoms. The van der Waals surface area contributed by atoms with Gasteiger partial charge >= 0.3 is 0 Å². The Labute approximate surface area is 69.2 Å². The first-order valence-electron chi connectivity index (χ1n) is 4.18. The van der Waals surface area contributed by atoms with Gasteiger partial charge in [0.1, 0.15) is 0 Å². The van der Waals surface area contributed by atoms with Gasteiger partial charge in [-0.25, -0.2) is 0 Å². The van der Waals surface area contributed by atoms with Crippen LogP contribution in [-0.2, 0) is 0 Å². The third-order valence-electron chi connectivity index (χ3n) is 1.93. The number of nitrogens with zero attached hydrogens (tertiary/aromatic N) is 1. The minimum Gasteiger partial charge on any atom is -0.390 e. The molecular formula is C8H20N2O. The molecule has 11 heavy (non-hydrogen) atoms. The molecule has 0 heterocycles. The van der Waals surface area contributed by atoms with Crippen molar-refractivity contribution in [3.05, 3.63) is 0 Å². The summed E-state index contributed by atoms with van der Waals surface area (Å²) >= 11 is 0. The third kappa shape index (κ3) is 3.70. The highest BCUT2D eigenvalue weighted by atomic mass is 16.3. The summed E-state index contributed by atoms with van der Waals surface area (Å²) in [5, 5.41) is 9.45. The lowest BCUT2D eigenvalue weighted by atomic mass is 10.1. The Hall–Kier alpha value is -0.120. The molecule has 68 valence electrons. The highest BCUT2D eigenvalue weighted by Gasteiger charge is 2.18. The maximum absolute atomic E-state index is 9.45. The molecule has 3 nitrogen and oxygen atoms in total. The van der Waals surface area contributed by atoms with Gasteiger partial charge in [0, 0.05) is 12.6 Å².